The van der Waals surface area contributed by atoms with Crippen molar-refractivity contribution < 1.29 is 8.94 Å². The second-order valence-electron chi connectivity index (χ2n) is 4.26. The molecule has 0 fully saturated rings. The van der Waals surface area contributed by atoms with Crippen LogP contribution in [0.1, 0.15) is 11.7 Å². The van der Waals surface area contributed by atoms with Crippen molar-refractivity contribution in [3.8, 4) is 11.4 Å². The van der Waals surface area contributed by atoms with Gasteiger partial charge in [0.15, 0.2) is 0 Å². The van der Waals surface area contributed by atoms with E-state index in [-0.39, 0.29) is 0 Å². The number of furan rings is 1. The molecule has 5 nitrogen and oxygen atoms in total. The Bertz CT molecular complexity index is 703. The normalized spacial score (nSPS) is 10.7. The number of hydrogen-bond donors (Lipinski definition) is 1. The monoisotopic (exact) mass is 289 g/mol. The number of halogens is 1. The topological polar surface area (TPSA) is 64.1 Å². The van der Waals surface area contributed by atoms with E-state index in [1.54, 1.807) is 6.26 Å². The number of aryl methyl sites for hydroxylation is 1. The van der Waals surface area contributed by atoms with E-state index >= 15 is 0 Å². The van der Waals surface area contributed by atoms with Crippen LogP contribution >= 0.6 is 11.6 Å². The molecule has 0 saturated heterocycles. The minimum absolute atomic E-state index is 0.450. The lowest BCUT2D eigenvalue weighted by molar-refractivity contribution is 0.384. The van der Waals surface area contributed by atoms with Gasteiger partial charge in [0.05, 0.1) is 18.4 Å². The summed E-state index contributed by atoms with van der Waals surface area (Å²) in [6, 6.07) is 9.23. The minimum Gasteiger partial charge on any atom is -0.469 e. The molecule has 0 unspecified atom stereocenters. The highest BCUT2D eigenvalue weighted by atomic mass is 35.5. The third-order valence-corrected chi connectivity index (χ3v) is 3.11. The highest BCUT2D eigenvalue weighted by Crippen LogP contribution is 2.21. The Morgan fingerprint density at radius 2 is 2.00 bits per heavy atom. The second kappa shape index (κ2) is 5.38. The standard InChI is InChI=1S/C14H12ClN3O2/c1-9-12(6-7-19-9)14-17-13(20-18-14)8-16-11-4-2-10(15)3-5-11/h2-7,16H,8H2,1H3. The number of benzene rings is 1. The molecule has 3 rings (SSSR count). The first-order valence-electron chi connectivity index (χ1n) is 6.09. The van der Waals surface area contributed by atoms with Crippen molar-refractivity contribution >= 4 is 17.3 Å². The van der Waals surface area contributed by atoms with Crippen molar-refractivity contribution in [2.75, 3.05) is 5.32 Å². The molecule has 1 aromatic carbocycles. The van der Waals surface area contributed by atoms with Gasteiger partial charge in [0.2, 0.25) is 11.7 Å². The summed E-state index contributed by atoms with van der Waals surface area (Å²) in [5.74, 6) is 1.81. The first kappa shape index (κ1) is 12.7. The molecule has 20 heavy (non-hydrogen) atoms. The highest BCUT2D eigenvalue weighted by molar-refractivity contribution is 6.30. The summed E-state index contributed by atoms with van der Waals surface area (Å²) >= 11 is 5.83. The number of hydrogen-bond acceptors (Lipinski definition) is 5. The van der Waals surface area contributed by atoms with E-state index in [0.29, 0.717) is 23.3 Å². The van der Waals surface area contributed by atoms with Crippen molar-refractivity contribution in [2.45, 2.75) is 13.5 Å². The first-order chi connectivity index (χ1) is 9.72. The number of rotatable bonds is 4. The largest absolute Gasteiger partial charge is 0.469 e. The van der Waals surface area contributed by atoms with Crippen molar-refractivity contribution in [1.82, 2.24) is 10.1 Å². The van der Waals surface area contributed by atoms with Crippen molar-refractivity contribution in [1.29, 1.82) is 0 Å². The van der Waals surface area contributed by atoms with Gasteiger partial charge in [-0.1, -0.05) is 16.8 Å². The van der Waals surface area contributed by atoms with Gasteiger partial charge in [-0.3, -0.25) is 0 Å². The Kier molecular flexibility index (Phi) is 3.43. The number of nitrogens with one attached hydrogen (secondary N) is 1. The zero-order valence-electron chi connectivity index (χ0n) is 10.8. The van der Waals surface area contributed by atoms with Crippen LogP contribution in [-0.4, -0.2) is 10.1 Å². The number of aromatic nitrogens is 2. The average Bonchev–Trinajstić information content (AvgIpc) is 3.06. The van der Waals surface area contributed by atoms with Gasteiger partial charge in [0.1, 0.15) is 5.76 Å². The summed E-state index contributed by atoms with van der Waals surface area (Å²) < 4.78 is 10.4. The fourth-order valence-corrected chi connectivity index (χ4v) is 1.92. The van der Waals surface area contributed by atoms with Gasteiger partial charge in [-0.2, -0.15) is 4.98 Å². The van der Waals surface area contributed by atoms with E-state index in [4.69, 9.17) is 20.5 Å². The summed E-state index contributed by atoms with van der Waals surface area (Å²) in [7, 11) is 0. The van der Waals surface area contributed by atoms with E-state index in [9.17, 15) is 0 Å². The Hall–Kier alpha value is -2.27. The van der Waals surface area contributed by atoms with Crippen molar-refractivity contribution in [2.24, 2.45) is 0 Å². The third kappa shape index (κ3) is 2.67. The molecule has 0 bridgehead atoms. The molecule has 102 valence electrons. The van der Waals surface area contributed by atoms with Crippen LogP contribution in [-0.2, 0) is 6.54 Å². The fourth-order valence-electron chi connectivity index (χ4n) is 1.80. The van der Waals surface area contributed by atoms with Crippen LogP contribution in [0.5, 0.6) is 0 Å². The third-order valence-electron chi connectivity index (χ3n) is 2.86. The maximum Gasteiger partial charge on any atom is 0.246 e. The van der Waals surface area contributed by atoms with Crippen LogP contribution in [0.2, 0.25) is 5.02 Å². The molecule has 0 aliphatic heterocycles. The maximum atomic E-state index is 5.83. The number of nitrogens with zero attached hydrogens (tertiary/aromatic N) is 2. The molecule has 2 heterocycles. The van der Waals surface area contributed by atoms with Crippen molar-refractivity contribution in [3.05, 3.63) is 53.3 Å². The van der Waals surface area contributed by atoms with Gasteiger partial charge < -0.3 is 14.3 Å². The van der Waals surface area contributed by atoms with E-state index in [2.05, 4.69) is 15.5 Å². The van der Waals surface area contributed by atoms with Gasteiger partial charge in [0, 0.05) is 10.7 Å². The Morgan fingerprint density at radius 1 is 1.20 bits per heavy atom. The molecule has 2 aromatic heterocycles. The molecule has 0 amide bonds. The molecule has 0 radical (unpaired) electrons. The molecule has 0 aliphatic carbocycles. The van der Waals surface area contributed by atoms with Crippen LogP contribution in [0, 0.1) is 6.92 Å². The minimum atomic E-state index is 0.450. The van der Waals surface area contributed by atoms with Gasteiger partial charge in [-0.05, 0) is 37.3 Å². The Labute approximate surface area is 120 Å². The second-order valence-corrected chi connectivity index (χ2v) is 4.70. The fraction of sp³-hybridized carbons (Fsp3) is 0.143. The Morgan fingerprint density at radius 3 is 2.70 bits per heavy atom. The van der Waals surface area contributed by atoms with Gasteiger partial charge in [-0.25, -0.2) is 0 Å². The quantitative estimate of drug-likeness (QED) is 0.789. The van der Waals surface area contributed by atoms with Gasteiger partial charge in [0.25, 0.3) is 0 Å². The molecule has 0 saturated carbocycles. The predicted molar refractivity (Wildman–Crippen MR) is 75.5 cm³/mol. The summed E-state index contributed by atoms with van der Waals surface area (Å²) in [5.41, 5.74) is 1.78. The molecule has 6 heteroatoms. The van der Waals surface area contributed by atoms with E-state index < -0.39 is 0 Å². The highest BCUT2D eigenvalue weighted by Gasteiger charge is 2.12. The Balaban J connectivity index is 1.69. The smallest absolute Gasteiger partial charge is 0.246 e. The summed E-state index contributed by atoms with van der Waals surface area (Å²) in [6.45, 7) is 2.31. The number of anilines is 1. The van der Waals surface area contributed by atoms with Crippen LogP contribution in [0.4, 0.5) is 5.69 Å². The SMILES string of the molecule is Cc1occc1-c1noc(CNc2ccc(Cl)cc2)n1. The molecule has 1 N–H and O–H groups in total. The maximum absolute atomic E-state index is 5.83. The molecule has 0 aliphatic rings. The van der Waals surface area contributed by atoms with Gasteiger partial charge >= 0.3 is 0 Å². The summed E-state index contributed by atoms with van der Waals surface area (Å²) in [6.07, 6.45) is 1.60. The zero-order chi connectivity index (χ0) is 13.9. The van der Waals surface area contributed by atoms with Crippen LogP contribution in [0.15, 0.2) is 45.5 Å². The zero-order valence-corrected chi connectivity index (χ0v) is 11.5. The van der Waals surface area contributed by atoms with E-state index in [1.807, 2.05) is 37.3 Å². The van der Waals surface area contributed by atoms with Crippen molar-refractivity contribution in [3.63, 3.8) is 0 Å². The lowest BCUT2D eigenvalue weighted by Crippen LogP contribution is -1.99. The van der Waals surface area contributed by atoms with Crippen LogP contribution in [0.25, 0.3) is 11.4 Å². The van der Waals surface area contributed by atoms with Gasteiger partial charge in [-0.15, -0.1) is 0 Å². The average molecular weight is 290 g/mol. The first-order valence-corrected chi connectivity index (χ1v) is 6.46. The molecule has 0 atom stereocenters. The lowest BCUT2D eigenvalue weighted by atomic mass is 10.2. The van der Waals surface area contributed by atoms with Crippen LogP contribution < -0.4 is 5.32 Å². The predicted octanol–water partition coefficient (Wildman–Crippen LogP) is 3.90. The molecular formula is C14H12ClN3O2. The summed E-state index contributed by atoms with van der Waals surface area (Å²) in [5, 5.41) is 7.82. The van der Waals surface area contributed by atoms with E-state index in [1.165, 1.54) is 0 Å². The summed E-state index contributed by atoms with van der Waals surface area (Å²) in [4.78, 5) is 4.32. The molecular weight excluding hydrogens is 278 g/mol. The lowest BCUT2D eigenvalue weighted by Gasteiger charge is -2.02. The molecule has 0 spiro atoms. The van der Waals surface area contributed by atoms with E-state index in [0.717, 1.165) is 17.0 Å². The van der Waals surface area contributed by atoms with Crippen LogP contribution in [0.3, 0.4) is 0 Å². The molecule has 3 aromatic rings.